The van der Waals surface area contributed by atoms with Gasteiger partial charge in [0.05, 0.1) is 26.1 Å². The molecule has 6 nitrogen and oxygen atoms in total. The van der Waals surface area contributed by atoms with Crippen LogP contribution in [0.5, 0.6) is 0 Å². The van der Waals surface area contributed by atoms with Gasteiger partial charge in [-0.25, -0.2) is 4.98 Å². The molecule has 0 saturated carbocycles. The zero-order chi connectivity index (χ0) is 19.0. The summed E-state index contributed by atoms with van der Waals surface area (Å²) in [6.45, 7) is 0. The third-order valence-electron chi connectivity index (χ3n) is 3.66. The van der Waals surface area contributed by atoms with Crippen LogP contribution in [0.15, 0.2) is 57.9 Å². The molecule has 0 aliphatic rings. The lowest BCUT2D eigenvalue weighted by atomic mass is 10.2. The molecule has 0 spiro atoms. The Balaban J connectivity index is 1.65. The van der Waals surface area contributed by atoms with E-state index in [0.29, 0.717) is 43.2 Å². The van der Waals surface area contributed by atoms with E-state index in [9.17, 15) is 10.1 Å². The molecule has 2 aromatic carbocycles. The van der Waals surface area contributed by atoms with Gasteiger partial charge < -0.3 is 4.42 Å². The SMILES string of the molecule is O=[N+]([O-])c1ccc(C=Nc2ccc3oc(-c4cc(Cl)ccc4Cl)nc3c2)s1. The van der Waals surface area contributed by atoms with Crippen molar-refractivity contribution in [2.75, 3.05) is 0 Å². The highest BCUT2D eigenvalue weighted by atomic mass is 35.5. The summed E-state index contributed by atoms with van der Waals surface area (Å²) >= 11 is 13.3. The molecule has 0 N–H and O–H groups in total. The van der Waals surface area contributed by atoms with Gasteiger partial charge in [-0.15, -0.1) is 0 Å². The molecule has 0 radical (unpaired) electrons. The summed E-state index contributed by atoms with van der Waals surface area (Å²) in [6, 6.07) is 13.5. The summed E-state index contributed by atoms with van der Waals surface area (Å²) in [5.41, 5.74) is 2.46. The first-order chi connectivity index (χ1) is 13.0. The molecule has 0 unspecified atom stereocenters. The van der Waals surface area contributed by atoms with E-state index in [0.717, 1.165) is 11.3 Å². The number of oxazole rings is 1. The maximum absolute atomic E-state index is 10.7. The summed E-state index contributed by atoms with van der Waals surface area (Å²) < 4.78 is 5.76. The Morgan fingerprint density at radius 2 is 2.00 bits per heavy atom. The number of halogens is 2. The van der Waals surface area contributed by atoms with E-state index in [4.69, 9.17) is 27.6 Å². The van der Waals surface area contributed by atoms with Crippen molar-refractivity contribution in [2.24, 2.45) is 4.99 Å². The molecule has 0 saturated heterocycles. The minimum Gasteiger partial charge on any atom is -0.436 e. The lowest BCUT2D eigenvalue weighted by molar-refractivity contribution is -0.380. The second-order valence-electron chi connectivity index (χ2n) is 5.49. The standard InChI is InChI=1S/C18H9Cl2N3O3S/c19-10-1-4-14(20)13(7-10)18-22-15-8-11(2-5-16(15)26-18)21-9-12-3-6-17(27-12)23(24)25/h1-9H. The number of rotatable bonds is 4. The molecule has 0 bridgehead atoms. The van der Waals surface area contributed by atoms with Crippen LogP contribution in [0, 0.1) is 10.1 Å². The van der Waals surface area contributed by atoms with Gasteiger partial charge >= 0.3 is 5.00 Å². The van der Waals surface area contributed by atoms with Crippen LogP contribution < -0.4 is 0 Å². The van der Waals surface area contributed by atoms with Crippen LogP contribution in [-0.2, 0) is 0 Å². The minimum atomic E-state index is -0.425. The summed E-state index contributed by atoms with van der Waals surface area (Å²) in [5.74, 6) is 0.368. The van der Waals surface area contributed by atoms with Crippen molar-refractivity contribution in [3.8, 4) is 11.5 Å². The highest BCUT2D eigenvalue weighted by molar-refractivity contribution is 7.16. The Morgan fingerprint density at radius 1 is 1.15 bits per heavy atom. The molecule has 4 aromatic rings. The van der Waals surface area contributed by atoms with Crippen molar-refractivity contribution in [3.05, 3.63) is 73.6 Å². The topological polar surface area (TPSA) is 81.5 Å². The van der Waals surface area contributed by atoms with Crippen LogP contribution in [0.1, 0.15) is 4.88 Å². The van der Waals surface area contributed by atoms with E-state index >= 15 is 0 Å². The number of nitro groups is 1. The van der Waals surface area contributed by atoms with Crippen LogP contribution in [0.25, 0.3) is 22.6 Å². The fourth-order valence-electron chi connectivity index (χ4n) is 2.42. The maximum Gasteiger partial charge on any atom is 0.324 e. The van der Waals surface area contributed by atoms with Gasteiger partial charge in [0, 0.05) is 17.3 Å². The summed E-state index contributed by atoms with van der Waals surface area (Å²) in [6.07, 6.45) is 1.58. The number of thiophene rings is 1. The molecule has 27 heavy (non-hydrogen) atoms. The van der Waals surface area contributed by atoms with Crippen LogP contribution >= 0.6 is 34.5 Å². The van der Waals surface area contributed by atoms with Crippen molar-refractivity contribution in [2.45, 2.75) is 0 Å². The predicted octanol–water partition coefficient (Wildman–Crippen LogP) is 6.52. The van der Waals surface area contributed by atoms with Gasteiger partial charge in [0.15, 0.2) is 5.58 Å². The summed E-state index contributed by atoms with van der Waals surface area (Å²) in [7, 11) is 0. The first-order valence-corrected chi connectivity index (χ1v) is 9.21. The van der Waals surface area contributed by atoms with E-state index in [1.807, 2.05) is 0 Å². The summed E-state index contributed by atoms with van der Waals surface area (Å²) in [4.78, 5) is 19.8. The average molecular weight is 418 g/mol. The molecule has 9 heteroatoms. The predicted molar refractivity (Wildman–Crippen MR) is 108 cm³/mol. The Labute approximate surface area is 166 Å². The van der Waals surface area contributed by atoms with Crippen molar-refractivity contribution < 1.29 is 9.34 Å². The number of fused-ring (bicyclic) bond motifs is 1. The van der Waals surface area contributed by atoms with E-state index < -0.39 is 4.92 Å². The molecular formula is C18H9Cl2N3O3S. The Morgan fingerprint density at radius 3 is 2.78 bits per heavy atom. The van der Waals surface area contributed by atoms with Gasteiger partial charge in [0.25, 0.3) is 0 Å². The fourth-order valence-corrected chi connectivity index (χ4v) is 3.48. The van der Waals surface area contributed by atoms with Crippen LogP contribution in [0.2, 0.25) is 10.0 Å². The number of hydrogen-bond donors (Lipinski definition) is 0. The maximum atomic E-state index is 10.7. The number of hydrogen-bond acceptors (Lipinski definition) is 6. The Kier molecular flexibility index (Phi) is 4.65. The molecular weight excluding hydrogens is 409 g/mol. The highest BCUT2D eigenvalue weighted by Gasteiger charge is 2.13. The Hall–Kier alpha value is -2.74. The minimum absolute atomic E-state index is 0.0754. The highest BCUT2D eigenvalue weighted by Crippen LogP contribution is 2.33. The van der Waals surface area contributed by atoms with Gasteiger partial charge in [-0.1, -0.05) is 34.5 Å². The second-order valence-corrected chi connectivity index (χ2v) is 7.42. The number of nitrogens with zero attached hydrogens (tertiary/aromatic N) is 3. The van der Waals surface area contributed by atoms with Gasteiger partial charge in [-0.05, 0) is 42.5 Å². The molecule has 2 heterocycles. The van der Waals surface area contributed by atoms with E-state index in [2.05, 4.69) is 9.98 Å². The lowest BCUT2D eigenvalue weighted by Gasteiger charge is -1.99. The fraction of sp³-hybridized carbons (Fsp3) is 0. The molecule has 0 fully saturated rings. The molecule has 0 amide bonds. The lowest BCUT2D eigenvalue weighted by Crippen LogP contribution is -1.80. The quantitative estimate of drug-likeness (QED) is 0.215. The van der Waals surface area contributed by atoms with Gasteiger partial charge in [-0.3, -0.25) is 15.1 Å². The number of aliphatic imine (C=N–C) groups is 1. The van der Waals surface area contributed by atoms with Gasteiger partial charge in [0.1, 0.15) is 5.52 Å². The van der Waals surface area contributed by atoms with Crippen LogP contribution in [0.3, 0.4) is 0 Å². The Bertz CT molecular complexity index is 1200. The first kappa shape index (κ1) is 17.7. The number of aromatic nitrogens is 1. The van der Waals surface area contributed by atoms with Gasteiger partial charge in [-0.2, -0.15) is 0 Å². The van der Waals surface area contributed by atoms with Crippen molar-refractivity contribution in [1.82, 2.24) is 4.98 Å². The van der Waals surface area contributed by atoms with Crippen molar-refractivity contribution in [1.29, 1.82) is 0 Å². The molecule has 0 aliphatic carbocycles. The van der Waals surface area contributed by atoms with Crippen LogP contribution in [-0.4, -0.2) is 16.1 Å². The third-order valence-corrected chi connectivity index (χ3v) is 5.20. The van der Waals surface area contributed by atoms with Crippen molar-refractivity contribution >= 4 is 62.5 Å². The molecule has 4 rings (SSSR count). The molecule has 2 aromatic heterocycles. The second kappa shape index (κ2) is 7.11. The van der Waals surface area contributed by atoms with E-state index in [-0.39, 0.29) is 5.00 Å². The summed E-state index contributed by atoms with van der Waals surface area (Å²) in [5, 5.41) is 11.8. The zero-order valence-corrected chi connectivity index (χ0v) is 15.8. The molecule has 0 aliphatic heterocycles. The van der Waals surface area contributed by atoms with E-state index in [1.165, 1.54) is 6.07 Å². The monoisotopic (exact) mass is 417 g/mol. The van der Waals surface area contributed by atoms with E-state index in [1.54, 1.807) is 48.7 Å². The first-order valence-electron chi connectivity index (χ1n) is 7.64. The molecule has 0 atom stereocenters. The average Bonchev–Trinajstić information content (AvgIpc) is 3.28. The normalized spacial score (nSPS) is 11.5. The zero-order valence-electron chi connectivity index (χ0n) is 13.4. The third kappa shape index (κ3) is 3.71. The molecule has 134 valence electrons. The van der Waals surface area contributed by atoms with Crippen molar-refractivity contribution in [3.63, 3.8) is 0 Å². The largest absolute Gasteiger partial charge is 0.436 e. The van der Waals surface area contributed by atoms with Crippen LogP contribution in [0.4, 0.5) is 10.7 Å². The van der Waals surface area contributed by atoms with Gasteiger partial charge in [0.2, 0.25) is 5.89 Å². The smallest absolute Gasteiger partial charge is 0.324 e. The number of benzene rings is 2.